The first-order chi connectivity index (χ1) is 48.1. The van der Waals surface area contributed by atoms with E-state index in [0.29, 0.717) is 40.4 Å². The molecule has 31 heteroatoms. The standard InChI is InChI=1S/C35H34O4.C15H20I2O2.C10H8O.2C5H10.4CH3.2Fe.S8.S7.S5/c1-25(36)30-16-10-28(11-17-30)14-20-32-24-35(39-22-6-9-27-7-4-5-8-27)33(23-34(32)38-3)21-15-29-12-18-31(19-13-29)26(2)37;1-18-14-9-13(17)15(10-12(14)16)19-8-4-7-11-5-2-3-6-11;1-3-9-4-6-10(7-5-9)8(2)11;2*1-2-4-5-3-1;;;;;;;1-3-5-7-8-6-4-2;1-3-5-7-6-4-2;1-3-5-4-2/h10-13,16-19,23-24,27H,4-9,22H2,1-3H3;9-11H,2-8H2,1H3;1,4-7H,2H3;2*1-5H2;4*1H3;;;;;/q;;;;;4*-1;2*+2;;;. The molecule has 0 unspecified atom stereocenters. The zero-order valence-electron chi connectivity index (χ0n) is 60.4. The predicted molar refractivity (Wildman–Crippen MR) is 513 cm³/mol. The summed E-state index contributed by atoms with van der Waals surface area (Å²) < 4.78 is 25.4. The number of hydrogen-bond acceptors (Lipinski definition) is 13. The van der Waals surface area contributed by atoms with Gasteiger partial charge in [0.1, 0.15) is 23.0 Å². The van der Waals surface area contributed by atoms with Crippen LogP contribution in [0.25, 0.3) is 0 Å². The zero-order valence-corrected chi connectivity index (χ0v) is 83.3. The SMILES string of the molecule is C#Cc1ccc(C(C)=O)cc1.C1CCCC1.C1CCCC1.COc1cc(C#Cc2ccc(C(C)=O)cc2)c(OCCCC2CCCC2)cc1C#Cc1ccc(C(C)=O)cc1.COc1cc(I)c(OCCCC2CCCC2)cc1I.S=S=S=S=S.S=S=S=S=S=S=S.S=S=S=S=S=S=S=S.[CH3-].[CH3-].[CH3-].[CH3-].[Fe+2].[Fe+2]. The third-order valence-corrected chi connectivity index (χ3v) is 41.1. The third-order valence-electron chi connectivity index (χ3n) is 15.0. The van der Waals surface area contributed by atoms with Crippen LogP contribution in [0.4, 0.5) is 0 Å². The van der Waals surface area contributed by atoms with Gasteiger partial charge in [-0.15, -0.1) is 6.42 Å². The molecule has 105 heavy (non-hydrogen) atoms. The van der Waals surface area contributed by atoms with E-state index in [4.69, 9.17) is 25.4 Å². The summed E-state index contributed by atoms with van der Waals surface area (Å²) in [5.41, 5.74) is 5.86. The number of methoxy groups -OCH3 is 2. The number of halogens is 2. The van der Waals surface area contributed by atoms with Gasteiger partial charge in [-0.2, -0.15) is 0 Å². The summed E-state index contributed by atoms with van der Waals surface area (Å²) in [7, 11) is 23.8. The van der Waals surface area contributed by atoms with Crippen molar-refractivity contribution in [3.63, 3.8) is 0 Å². The van der Waals surface area contributed by atoms with Crippen molar-refractivity contribution in [1.82, 2.24) is 0 Å². The molecular weight excluding hydrogens is 2010 g/mol. The second kappa shape index (κ2) is 76.5. The van der Waals surface area contributed by atoms with E-state index in [-0.39, 0.29) is 81.2 Å². The van der Waals surface area contributed by atoms with Gasteiger partial charge in [0.25, 0.3) is 0 Å². The topological polar surface area (TPSA) is 88.1 Å². The van der Waals surface area contributed by atoms with Crippen LogP contribution >= 0.6 is 45.2 Å². The molecule has 5 aromatic carbocycles. The maximum absolute atomic E-state index is 11.6. The summed E-state index contributed by atoms with van der Waals surface area (Å²) in [4.78, 5) is 33.9. The van der Waals surface area contributed by atoms with Gasteiger partial charge in [-0.25, -0.2) is 0 Å². The first-order valence-corrected chi connectivity index (χ1v) is 56.4. The predicted octanol–water partition coefficient (Wildman–Crippen LogP) is 20.0. The number of carbonyl (C=O) groups is 3. The summed E-state index contributed by atoms with van der Waals surface area (Å²) in [6, 6.07) is 29.4. The molecule has 0 spiro atoms. The Morgan fingerprint density at radius 3 is 0.990 bits per heavy atom. The molecular formula is C74H94Fe2I2O7S20. The fraction of sp³-hybridized carbons (Fsp3) is 0.419. The molecule has 4 aliphatic carbocycles. The number of ketones is 3. The number of carbonyl (C=O) groups excluding carboxylic acids is 3. The number of ether oxygens (including phenoxy) is 4. The Labute approximate surface area is 749 Å². The second-order valence-electron chi connectivity index (χ2n) is 21.8. The molecule has 582 valence electrons. The zero-order chi connectivity index (χ0) is 72.5. The Morgan fingerprint density at radius 2 is 0.686 bits per heavy atom. The molecule has 0 bridgehead atoms. The van der Waals surface area contributed by atoms with E-state index < -0.39 is 0 Å². The molecule has 4 fully saturated rings. The fourth-order valence-electron chi connectivity index (χ4n) is 10.0. The summed E-state index contributed by atoms with van der Waals surface area (Å²) >= 11 is 31.8. The van der Waals surface area contributed by atoms with Crippen LogP contribution in [0.15, 0.2) is 97.1 Å². The van der Waals surface area contributed by atoms with Gasteiger partial charge in [0.05, 0.1) is 45.7 Å². The van der Waals surface area contributed by atoms with Crippen LogP contribution in [0.2, 0.25) is 0 Å². The minimum absolute atomic E-state index is 0. The molecule has 0 heterocycles. The van der Waals surface area contributed by atoms with E-state index in [1.165, 1.54) is 204 Å². The van der Waals surface area contributed by atoms with E-state index in [2.05, 4.69) is 148 Å². The van der Waals surface area contributed by atoms with Crippen LogP contribution in [0.1, 0.15) is 221 Å². The second-order valence-corrected chi connectivity index (χ2v) is 48.9. The van der Waals surface area contributed by atoms with Crippen LogP contribution in [0.3, 0.4) is 0 Å². The van der Waals surface area contributed by atoms with Crippen LogP contribution in [-0.2, 0) is 226 Å². The average molecular weight is 2100 g/mol. The first kappa shape index (κ1) is 113. The Morgan fingerprint density at radius 1 is 0.400 bits per heavy atom. The van der Waals surface area contributed by atoms with Crippen molar-refractivity contribution in [3.05, 3.63) is 178 Å². The van der Waals surface area contributed by atoms with Crippen LogP contribution in [-0.4, -0.2) is 44.8 Å². The number of benzene rings is 5. The summed E-state index contributed by atoms with van der Waals surface area (Å²) in [6.07, 6.45) is 35.9. The van der Waals surface area contributed by atoms with Gasteiger partial charge in [0.2, 0.25) is 0 Å². The van der Waals surface area contributed by atoms with Gasteiger partial charge in [-0.05, 0) is 152 Å². The van der Waals surface area contributed by atoms with Crippen LogP contribution in [0.5, 0.6) is 23.0 Å². The summed E-state index contributed by atoms with van der Waals surface area (Å²) in [5.74, 6) is 20.3. The third kappa shape index (κ3) is 55.9. The van der Waals surface area contributed by atoms with Gasteiger partial charge < -0.3 is 48.7 Å². The molecule has 9 rings (SSSR count). The van der Waals surface area contributed by atoms with Crippen LogP contribution in [0, 0.1) is 84.7 Å². The Kier molecular flexibility index (Phi) is 82.7. The number of hydrogen-bond donors (Lipinski definition) is 0. The van der Waals surface area contributed by atoms with E-state index in [9.17, 15) is 14.4 Å². The number of terminal acetylenes is 1. The van der Waals surface area contributed by atoms with Crippen molar-refractivity contribution in [1.29, 1.82) is 0 Å². The van der Waals surface area contributed by atoms with Gasteiger partial charge in [0.15, 0.2) is 17.3 Å². The summed E-state index contributed by atoms with van der Waals surface area (Å²) in [6.45, 7) is 6.07. The Bertz CT molecular complexity index is 4080. The average Bonchev–Trinajstić information content (AvgIpc) is 1.28. The Hall–Kier alpha value is -0.111. The molecule has 0 saturated heterocycles. The molecule has 0 aliphatic heterocycles. The number of Topliss-reactive ketones (excluding diaryl/α,β-unsaturated/α-hetero) is 3. The van der Waals surface area contributed by atoms with E-state index in [1.807, 2.05) is 42.5 Å². The molecule has 0 N–H and O–H groups in total. The smallest absolute Gasteiger partial charge is 0.496 e. The number of rotatable bonds is 15. The molecule has 0 atom stereocenters. The van der Waals surface area contributed by atoms with Crippen molar-refractivity contribution >= 4 is 254 Å². The van der Waals surface area contributed by atoms with Gasteiger partial charge in [-0.1, -0.05) is 182 Å². The molecule has 0 aromatic heterocycles. The van der Waals surface area contributed by atoms with Crippen LogP contribution < -0.4 is 18.9 Å². The minimum atomic E-state index is 0. The van der Waals surface area contributed by atoms with Crippen molar-refractivity contribution in [2.24, 2.45) is 11.8 Å². The van der Waals surface area contributed by atoms with Crippen molar-refractivity contribution < 1.29 is 67.5 Å². The van der Waals surface area contributed by atoms with Crippen molar-refractivity contribution in [3.8, 4) is 59.0 Å². The van der Waals surface area contributed by atoms with E-state index >= 15 is 0 Å². The minimum Gasteiger partial charge on any atom is -0.496 e. The largest absolute Gasteiger partial charge is 2.00 e. The van der Waals surface area contributed by atoms with Gasteiger partial charge in [0, 0.05) is 237 Å². The molecule has 4 saturated carbocycles. The maximum atomic E-state index is 11.6. The van der Waals surface area contributed by atoms with Crippen molar-refractivity contribution in [2.45, 2.75) is 162 Å². The van der Waals surface area contributed by atoms with Gasteiger partial charge in [-0.3, -0.25) is 14.4 Å². The van der Waals surface area contributed by atoms with E-state index in [1.54, 1.807) is 139 Å². The fourth-order valence-corrected chi connectivity index (χ4v) is 33.3. The van der Waals surface area contributed by atoms with E-state index in [0.717, 1.165) is 65.8 Å². The Balaban J connectivity index is -0.000000420. The van der Waals surface area contributed by atoms with Crippen molar-refractivity contribution in [2.75, 3.05) is 27.4 Å². The molecule has 4 aliphatic rings. The quantitative estimate of drug-likeness (QED) is 0.0249. The molecule has 5 aromatic rings. The molecule has 0 amide bonds. The monoisotopic (exact) mass is 2100 g/mol. The maximum Gasteiger partial charge on any atom is 2.00 e. The summed E-state index contributed by atoms with van der Waals surface area (Å²) in [5, 5.41) is 0. The van der Waals surface area contributed by atoms with Gasteiger partial charge >= 0.3 is 34.1 Å². The first-order valence-electron chi connectivity index (χ1n) is 31.5. The molecule has 0 radical (unpaired) electrons. The molecule has 7 nitrogen and oxygen atoms in total. The normalized spacial score (nSPS) is 11.9.